The van der Waals surface area contributed by atoms with E-state index in [2.05, 4.69) is 32.6 Å². The normalized spacial score (nSPS) is 12.3. The largest absolute Gasteiger partial charge is 0.329 e. The fourth-order valence-electron chi connectivity index (χ4n) is 3.05. The van der Waals surface area contributed by atoms with Gasteiger partial charge in [0.1, 0.15) is 0 Å². The van der Waals surface area contributed by atoms with Gasteiger partial charge in [0.05, 0.1) is 0 Å². The molecule has 0 amide bonds. The Kier molecular flexibility index (Phi) is 11.7. The Morgan fingerprint density at radius 2 is 1.32 bits per heavy atom. The van der Waals surface area contributed by atoms with Crippen LogP contribution in [0.1, 0.15) is 85.5 Å². The Morgan fingerprint density at radius 1 is 0.737 bits per heavy atom. The predicted octanol–water partition coefficient (Wildman–Crippen LogP) is 4.58. The third-order valence-corrected chi connectivity index (χ3v) is 4.64. The van der Waals surface area contributed by atoms with Gasteiger partial charge in [-0.1, -0.05) is 59.8 Å². The second-order valence-corrected chi connectivity index (χ2v) is 5.89. The average molecular weight is 271 g/mol. The molecular formula is C17H38N2. The van der Waals surface area contributed by atoms with Gasteiger partial charge >= 0.3 is 0 Å². The van der Waals surface area contributed by atoms with Crippen molar-refractivity contribution in [3.8, 4) is 0 Å². The van der Waals surface area contributed by atoms with E-state index in [0.29, 0.717) is 0 Å². The summed E-state index contributed by atoms with van der Waals surface area (Å²) in [5, 5.41) is 0. The van der Waals surface area contributed by atoms with Crippen LogP contribution in [-0.2, 0) is 0 Å². The minimum absolute atomic E-state index is 0.249. The van der Waals surface area contributed by atoms with E-state index in [1.807, 2.05) is 0 Å². The topological polar surface area (TPSA) is 29.3 Å². The van der Waals surface area contributed by atoms with Gasteiger partial charge in [-0.25, -0.2) is 0 Å². The van der Waals surface area contributed by atoms with Crippen LogP contribution in [0.25, 0.3) is 0 Å². The van der Waals surface area contributed by atoms with Crippen molar-refractivity contribution in [2.45, 2.75) is 91.0 Å². The lowest BCUT2D eigenvalue weighted by Crippen LogP contribution is -2.53. The van der Waals surface area contributed by atoms with E-state index in [1.165, 1.54) is 70.9 Å². The summed E-state index contributed by atoms with van der Waals surface area (Å²) in [6.07, 6.45) is 11.9. The van der Waals surface area contributed by atoms with Crippen molar-refractivity contribution in [1.29, 1.82) is 0 Å². The molecule has 0 atom stereocenters. The van der Waals surface area contributed by atoms with E-state index in [0.717, 1.165) is 6.54 Å². The standard InChI is InChI=1S/C17H38N2/c1-5-9-10-11-12-13-15-19(14-6-2)17(7-3,8-4)16-18/h5-16,18H2,1-4H3. The Balaban J connectivity index is 4.16. The fourth-order valence-corrected chi connectivity index (χ4v) is 3.05. The Hall–Kier alpha value is -0.0800. The van der Waals surface area contributed by atoms with Crippen molar-refractivity contribution in [1.82, 2.24) is 4.90 Å². The molecule has 0 saturated heterocycles. The molecule has 0 aliphatic heterocycles. The van der Waals surface area contributed by atoms with Crippen LogP contribution < -0.4 is 5.73 Å². The van der Waals surface area contributed by atoms with Crippen LogP contribution in [0.15, 0.2) is 0 Å². The zero-order valence-corrected chi connectivity index (χ0v) is 14.0. The molecule has 116 valence electrons. The van der Waals surface area contributed by atoms with Crippen LogP contribution in [0.5, 0.6) is 0 Å². The minimum Gasteiger partial charge on any atom is -0.329 e. The molecule has 0 bridgehead atoms. The summed E-state index contributed by atoms with van der Waals surface area (Å²) < 4.78 is 0. The minimum atomic E-state index is 0.249. The average Bonchev–Trinajstić information content (AvgIpc) is 2.45. The van der Waals surface area contributed by atoms with Crippen molar-refractivity contribution in [2.75, 3.05) is 19.6 Å². The zero-order chi connectivity index (χ0) is 14.6. The molecule has 0 unspecified atom stereocenters. The zero-order valence-electron chi connectivity index (χ0n) is 14.0. The third-order valence-electron chi connectivity index (χ3n) is 4.64. The predicted molar refractivity (Wildman–Crippen MR) is 87.6 cm³/mol. The summed E-state index contributed by atoms with van der Waals surface area (Å²) in [5.74, 6) is 0. The first kappa shape index (κ1) is 18.9. The number of rotatable bonds is 13. The van der Waals surface area contributed by atoms with Crippen molar-refractivity contribution < 1.29 is 0 Å². The summed E-state index contributed by atoms with van der Waals surface area (Å²) in [7, 11) is 0. The first-order valence-electron chi connectivity index (χ1n) is 8.65. The molecule has 0 heterocycles. The Morgan fingerprint density at radius 3 is 1.79 bits per heavy atom. The first-order valence-corrected chi connectivity index (χ1v) is 8.65. The molecule has 0 saturated carbocycles. The van der Waals surface area contributed by atoms with Crippen LogP contribution >= 0.6 is 0 Å². The monoisotopic (exact) mass is 270 g/mol. The van der Waals surface area contributed by atoms with Gasteiger partial charge in [0.2, 0.25) is 0 Å². The van der Waals surface area contributed by atoms with Gasteiger partial charge in [0.15, 0.2) is 0 Å². The lowest BCUT2D eigenvalue weighted by molar-refractivity contribution is 0.0824. The lowest BCUT2D eigenvalue weighted by Gasteiger charge is -2.42. The highest BCUT2D eigenvalue weighted by molar-refractivity contribution is 4.89. The molecule has 0 aliphatic rings. The van der Waals surface area contributed by atoms with E-state index in [-0.39, 0.29) is 5.54 Å². The first-order chi connectivity index (χ1) is 9.20. The second-order valence-electron chi connectivity index (χ2n) is 5.89. The van der Waals surface area contributed by atoms with E-state index < -0.39 is 0 Å². The SMILES string of the molecule is CCCCCCCCN(CCC)C(CC)(CC)CN. The number of nitrogens with two attached hydrogens (primary N) is 1. The van der Waals surface area contributed by atoms with E-state index in [1.54, 1.807) is 0 Å². The van der Waals surface area contributed by atoms with Crippen molar-refractivity contribution in [3.05, 3.63) is 0 Å². The molecular weight excluding hydrogens is 232 g/mol. The second kappa shape index (κ2) is 11.7. The van der Waals surface area contributed by atoms with Crippen LogP contribution in [0, 0.1) is 0 Å². The van der Waals surface area contributed by atoms with E-state index in [9.17, 15) is 0 Å². The Labute approximate surface area is 122 Å². The molecule has 0 rings (SSSR count). The molecule has 0 fully saturated rings. The van der Waals surface area contributed by atoms with Gasteiger partial charge in [0, 0.05) is 12.1 Å². The molecule has 2 nitrogen and oxygen atoms in total. The molecule has 2 N–H and O–H groups in total. The van der Waals surface area contributed by atoms with Crippen molar-refractivity contribution in [3.63, 3.8) is 0 Å². The van der Waals surface area contributed by atoms with E-state index in [4.69, 9.17) is 5.73 Å². The third kappa shape index (κ3) is 6.76. The maximum absolute atomic E-state index is 6.09. The number of nitrogens with zero attached hydrogens (tertiary/aromatic N) is 1. The summed E-state index contributed by atoms with van der Waals surface area (Å²) in [4.78, 5) is 2.67. The number of hydrogen-bond donors (Lipinski definition) is 1. The molecule has 0 aliphatic carbocycles. The smallest absolute Gasteiger partial charge is 0.0326 e. The van der Waals surface area contributed by atoms with Crippen molar-refractivity contribution >= 4 is 0 Å². The number of hydrogen-bond acceptors (Lipinski definition) is 2. The number of unbranched alkanes of at least 4 members (excludes halogenated alkanes) is 5. The lowest BCUT2D eigenvalue weighted by atomic mass is 9.90. The van der Waals surface area contributed by atoms with Gasteiger partial charge in [-0.2, -0.15) is 0 Å². The maximum Gasteiger partial charge on any atom is 0.0326 e. The maximum atomic E-state index is 6.09. The molecule has 0 radical (unpaired) electrons. The summed E-state index contributed by atoms with van der Waals surface area (Å²) >= 11 is 0. The van der Waals surface area contributed by atoms with Gasteiger partial charge in [-0.05, 0) is 38.8 Å². The summed E-state index contributed by atoms with van der Waals surface area (Å²) in [6.45, 7) is 12.4. The molecule has 0 spiro atoms. The van der Waals surface area contributed by atoms with Crippen LogP contribution in [0.2, 0.25) is 0 Å². The van der Waals surface area contributed by atoms with Gasteiger partial charge in [0.25, 0.3) is 0 Å². The Bertz CT molecular complexity index is 179. The van der Waals surface area contributed by atoms with Gasteiger partial charge in [-0.15, -0.1) is 0 Å². The van der Waals surface area contributed by atoms with Crippen molar-refractivity contribution in [2.24, 2.45) is 5.73 Å². The summed E-state index contributed by atoms with van der Waals surface area (Å²) in [6, 6.07) is 0. The highest BCUT2D eigenvalue weighted by Crippen LogP contribution is 2.24. The van der Waals surface area contributed by atoms with Crippen LogP contribution in [-0.4, -0.2) is 30.1 Å². The van der Waals surface area contributed by atoms with E-state index >= 15 is 0 Å². The molecule has 0 aromatic heterocycles. The quantitative estimate of drug-likeness (QED) is 0.496. The summed E-state index contributed by atoms with van der Waals surface area (Å²) in [5.41, 5.74) is 6.34. The van der Waals surface area contributed by atoms with Crippen LogP contribution in [0.3, 0.4) is 0 Å². The highest BCUT2D eigenvalue weighted by atomic mass is 15.2. The van der Waals surface area contributed by atoms with Gasteiger partial charge < -0.3 is 5.73 Å². The van der Waals surface area contributed by atoms with Gasteiger partial charge in [-0.3, -0.25) is 4.90 Å². The molecule has 19 heavy (non-hydrogen) atoms. The fraction of sp³-hybridized carbons (Fsp3) is 1.00. The molecule has 0 aromatic rings. The molecule has 0 aromatic carbocycles. The molecule has 2 heteroatoms. The highest BCUT2D eigenvalue weighted by Gasteiger charge is 2.30. The van der Waals surface area contributed by atoms with Crippen LogP contribution in [0.4, 0.5) is 0 Å².